The van der Waals surface area contributed by atoms with Crippen LogP contribution in [0.2, 0.25) is 0 Å². The van der Waals surface area contributed by atoms with Crippen LogP contribution in [0.4, 0.5) is 23.2 Å². The molecule has 2 aromatic rings. The summed E-state index contributed by atoms with van der Waals surface area (Å²) in [5, 5.41) is 12.9. The molecule has 1 aliphatic rings. The predicted molar refractivity (Wildman–Crippen MR) is 77.8 cm³/mol. The SMILES string of the molecule is N#Cc1cnc(-c2ccn(C(F)F)n2)cc1N1CCC(F)(F)CC1. The third kappa shape index (κ3) is 3.18. The van der Waals surface area contributed by atoms with E-state index in [0.29, 0.717) is 16.1 Å². The minimum absolute atomic E-state index is 0.108. The van der Waals surface area contributed by atoms with Crippen molar-refractivity contribution in [3.8, 4) is 17.5 Å². The molecule has 1 saturated heterocycles. The maximum absolute atomic E-state index is 13.3. The summed E-state index contributed by atoms with van der Waals surface area (Å²) in [5.41, 5.74) is 1.24. The van der Waals surface area contributed by atoms with E-state index in [-0.39, 0.29) is 37.2 Å². The molecule has 0 spiro atoms. The standard InChI is InChI=1S/C15H13F4N5/c16-14(17)24-4-1-11(22-24)12-7-13(10(8-20)9-21-12)23-5-2-15(18,19)3-6-23/h1,4,7,9,14H,2-3,5-6H2. The summed E-state index contributed by atoms with van der Waals surface area (Å²) in [6.07, 6.45) is 1.84. The molecule has 1 fully saturated rings. The molecule has 0 radical (unpaired) electrons. The van der Waals surface area contributed by atoms with Crippen LogP contribution in [0.5, 0.6) is 0 Å². The molecule has 0 aromatic carbocycles. The number of nitrogens with zero attached hydrogens (tertiary/aromatic N) is 5. The number of nitriles is 1. The van der Waals surface area contributed by atoms with Gasteiger partial charge >= 0.3 is 6.55 Å². The number of piperidine rings is 1. The van der Waals surface area contributed by atoms with Gasteiger partial charge in [0.2, 0.25) is 0 Å². The average Bonchev–Trinajstić information content (AvgIpc) is 3.04. The summed E-state index contributed by atoms with van der Waals surface area (Å²) in [5.74, 6) is -2.70. The van der Waals surface area contributed by atoms with Gasteiger partial charge in [-0.3, -0.25) is 4.98 Å². The van der Waals surface area contributed by atoms with Crippen LogP contribution in [0.15, 0.2) is 24.5 Å². The summed E-state index contributed by atoms with van der Waals surface area (Å²) in [4.78, 5) is 5.74. The molecule has 0 atom stereocenters. The number of aromatic nitrogens is 3. The molecular weight excluding hydrogens is 326 g/mol. The summed E-state index contributed by atoms with van der Waals surface area (Å²) in [7, 11) is 0. The molecule has 0 aliphatic carbocycles. The second kappa shape index (κ2) is 6.11. The van der Waals surface area contributed by atoms with Crippen molar-refractivity contribution in [3.63, 3.8) is 0 Å². The van der Waals surface area contributed by atoms with Gasteiger partial charge in [0.25, 0.3) is 5.92 Å². The lowest BCUT2D eigenvalue weighted by molar-refractivity contribution is -0.0220. The Morgan fingerprint density at radius 3 is 2.50 bits per heavy atom. The lowest BCUT2D eigenvalue weighted by Crippen LogP contribution is -2.39. The van der Waals surface area contributed by atoms with Gasteiger partial charge in [-0.15, -0.1) is 0 Å². The van der Waals surface area contributed by atoms with Crippen molar-refractivity contribution in [2.45, 2.75) is 25.3 Å². The van der Waals surface area contributed by atoms with Crippen LogP contribution in [-0.4, -0.2) is 33.8 Å². The first kappa shape index (κ1) is 16.2. The summed E-state index contributed by atoms with van der Waals surface area (Å²) >= 11 is 0. The highest BCUT2D eigenvalue weighted by molar-refractivity contribution is 5.67. The number of hydrogen-bond acceptors (Lipinski definition) is 4. The topological polar surface area (TPSA) is 57.7 Å². The van der Waals surface area contributed by atoms with Crippen molar-refractivity contribution in [2.24, 2.45) is 0 Å². The van der Waals surface area contributed by atoms with Gasteiger partial charge in [0.05, 0.1) is 16.9 Å². The van der Waals surface area contributed by atoms with Gasteiger partial charge in [-0.25, -0.2) is 13.5 Å². The number of anilines is 1. The van der Waals surface area contributed by atoms with E-state index in [1.807, 2.05) is 6.07 Å². The Bertz CT molecular complexity index is 770. The van der Waals surface area contributed by atoms with Crippen LogP contribution in [0.3, 0.4) is 0 Å². The van der Waals surface area contributed by atoms with E-state index < -0.39 is 12.5 Å². The Kier molecular flexibility index (Phi) is 4.13. The van der Waals surface area contributed by atoms with Crippen molar-refractivity contribution < 1.29 is 17.6 Å². The Hall–Kier alpha value is -2.63. The first-order valence-corrected chi connectivity index (χ1v) is 7.26. The van der Waals surface area contributed by atoms with Gasteiger partial charge in [0.15, 0.2) is 0 Å². The van der Waals surface area contributed by atoms with E-state index in [9.17, 15) is 22.8 Å². The van der Waals surface area contributed by atoms with Crippen molar-refractivity contribution >= 4 is 5.69 Å². The smallest absolute Gasteiger partial charge is 0.333 e. The van der Waals surface area contributed by atoms with E-state index in [4.69, 9.17) is 0 Å². The lowest BCUT2D eigenvalue weighted by Gasteiger charge is -2.33. The van der Waals surface area contributed by atoms with Crippen LogP contribution in [0.1, 0.15) is 25.0 Å². The summed E-state index contributed by atoms with van der Waals surface area (Å²) in [6.45, 7) is -2.55. The molecule has 5 nitrogen and oxygen atoms in total. The molecule has 0 bridgehead atoms. The van der Waals surface area contributed by atoms with Gasteiger partial charge in [-0.1, -0.05) is 0 Å². The van der Waals surface area contributed by atoms with Crippen molar-refractivity contribution in [3.05, 3.63) is 30.1 Å². The maximum Gasteiger partial charge on any atom is 0.333 e. The average molecular weight is 339 g/mol. The highest BCUT2D eigenvalue weighted by Crippen LogP contribution is 2.33. The van der Waals surface area contributed by atoms with E-state index in [1.54, 1.807) is 4.90 Å². The highest BCUT2D eigenvalue weighted by atomic mass is 19.3. The number of alkyl halides is 4. The molecule has 0 unspecified atom stereocenters. The largest absolute Gasteiger partial charge is 0.370 e. The maximum atomic E-state index is 13.3. The van der Waals surface area contributed by atoms with Crippen molar-refractivity contribution in [1.82, 2.24) is 14.8 Å². The van der Waals surface area contributed by atoms with E-state index in [0.717, 1.165) is 6.20 Å². The van der Waals surface area contributed by atoms with Gasteiger partial charge in [0, 0.05) is 38.3 Å². The van der Waals surface area contributed by atoms with Crippen molar-refractivity contribution in [1.29, 1.82) is 5.26 Å². The number of rotatable bonds is 3. The Morgan fingerprint density at radius 2 is 1.92 bits per heavy atom. The van der Waals surface area contributed by atoms with Crippen LogP contribution in [0, 0.1) is 11.3 Å². The van der Waals surface area contributed by atoms with Crippen molar-refractivity contribution in [2.75, 3.05) is 18.0 Å². The minimum Gasteiger partial charge on any atom is -0.370 e. The van der Waals surface area contributed by atoms with Crippen LogP contribution in [-0.2, 0) is 0 Å². The zero-order chi connectivity index (χ0) is 17.3. The van der Waals surface area contributed by atoms with Gasteiger partial charge < -0.3 is 4.90 Å². The monoisotopic (exact) mass is 339 g/mol. The highest BCUT2D eigenvalue weighted by Gasteiger charge is 2.34. The molecule has 126 valence electrons. The van der Waals surface area contributed by atoms with Crippen LogP contribution >= 0.6 is 0 Å². The number of halogens is 4. The molecular formula is C15H13F4N5. The quantitative estimate of drug-likeness (QED) is 0.804. The fourth-order valence-electron chi connectivity index (χ4n) is 2.59. The molecule has 3 rings (SSSR count). The van der Waals surface area contributed by atoms with Gasteiger partial charge in [0.1, 0.15) is 11.8 Å². The van der Waals surface area contributed by atoms with E-state index in [1.165, 1.54) is 18.3 Å². The summed E-state index contributed by atoms with van der Waals surface area (Å²) < 4.78 is 52.3. The van der Waals surface area contributed by atoms with Crippen LogP contribution in [0.25, 0.3) is 11.4 Å². The van der Waals surface area contributed by atoms with Gasteiger partial charge in [-0.2, -0.15) is 19.1 Å². The lowest BCUT2D eigenvalue weighted by atomic mass is 10.0. The molecule has 0 saturated carbocycles. The fraction of sp³-hybridized carbons (Fsp3) is 0.400. The predicted octanol–water partition coefficient (Wildman–Crippen LogP) is 3.45. The number of hydrogen-bond donors (Lipinski definition) is 0. The van der Waals surface area contributed by atoms with E-state index >= 15 is 0 Å². The normalized spacial score (nSPS) is 17.1. The summed E-state index contributed by atoms with van der Waals surface area (Å²) in [6, 6.07) is 4.89. The fourth-order valence-corrected chi connectivity index (χ4v) is 2.59. The second-order valence-corrected chi connectivity index (χ2v) is 5.50. The molecule has 2 aromatic heterocycles. The Balaban J connectivity index is 1.92. The molecule has 9 heteroatoms. The zero-order valence-electron chi connectivity index (χ0n) is 12.5. The first-order chi connectivity index (χ1) is 11.4. The third-order valence-electron chi connectivity index (χ3n) is 3.91. The van der Waals surface area contributed by atoms with Gasteiger partial charge in [-0.05, 0) is 12.1 Å². The van der Waals surface area contributed by atoms with E-state index in [2.05, 4.69) is 10.1 Å². The number of pyridine rings is 1. The molecule has 1 aliphatic heterocycles. The molecule has 24 heavy (non-hydrogen) atoms. The Morgan fingerprint density at radius 1 is 1.21 bits per heavy atom. The first-order valence-electron chi connectivity index (χ1n) is 7.26. The second-order valence-electron chi connectivity index (χ2n) is 5.50. The molecule has 0 amide bonds. The zero-order valence-corrected chi connectivity index (χ0v) is 12.5. The molecule has 0 N–H and O–H groups in total. The molecule has 3 heterocycles. The van der Waals surface area contributed by atoms with Crippen LogP contribution < -0.4 is 4.90 Å². The minimum atomic E-state index is -2.76. The third-order valence-corrected chi connectivity index (χ3v) is 3.91. The Labute approximate surface area is 135 Å².